The van der Waals surface area contributed by atoms with Crippen molar-refractivity contribution in [3.63, 3.8) is 0 Å². The fraction of sp³-hybridized carbons (Fsp3) is 0.238. The monoisotopic (exact) mass is 496 g/mol. The van der Waals surface area contributed by atoms with Gasteiger partial charge in [0.05, 0.1) is 21.6 Å². The Morgan fingerprint density at radius 1 is 1.28 bits per heavy atom. The van der Waals surface area contributed by atoms with Gasteiger partial charge in [-0.05, 0) is 71.2 Å². The van der Waals surface area contributed by atoms with Crippen LogP contribution >= 0.6 is 39.1 Å². The highest BCUT2D eigenvalue weighted by atomic mass is 79.9. The number of nitrogens with zero attached hydrogens (tertiary/aromatic N) is 1. The molecule has 0 unspecified atom stereocenters. The molecule has 2 aromatic rings. The SMILES string of the molecule is COc1cc(/C=C(/C#N)C(=O)NC(C)C)cc(Br)c1OCc1ccc(Cl)c(Cl)c1. The van der Waals surface area contributed by atoms with E-state index in [1.54, 1.807) is 24.3 Å². The van der Waals surface area contributed by atoms with Crippen LogP contribution in [0.1, 0.15) is 25.0 Å². The molecule has 1 amide bonds. The molecule has 0 saturated heterocycles. The van der Waals surface area contributed by atoms with Crippen molar-refractivity contribution in [3.05, 3.63) is 61.5 Å². The van der Waals surface area contributed by atoms with Crippen LogP contribution in [0.2, 0.25) is 10.0 Å². The van der Waals surface area contributed by atoms with Gasteiger partial charge in [-0.3, -0.25) is 4.79 Å². The highest BCUT2D eigenvalue weighted by Gasteiger charge is 2.14. The van der Waals surface area contributed by atoms with Crippen LogP contribution in [0.5, 0.6) is 11.5 Å². The molecule has 0 saturated carbocycles. The molecule has 0 aliphatic rings. The van der Waals surface area contributed by atoms with Crippen LogP contribution in [0.15, 0.2) is 40.4 Å². The molecule has 29 heavy (non-hydrogen) atoms. The van der Waals surface area contributed by atoms with Gasteiger partial charge >= 0.3 is 0 Å². The zero-order valence-electron chi connectivity index (χ0n) is 16.1. The van der Waals surface area contributed by atoms with Crippen LogP contribution in [0.4, 0.5) is 0 Å². The van der Waals surface area contributed by atoms with Crippen LogP contribution in [-0.2, 0) is 11.4 Å². The summed E-state index contributed by atoms with van der Waals surface area (Å²) in [6.45, 7) is 3.90. The minimum absolute atomic E-state index is 0.00266. The molecule has 0 heterocycles. The lowest BCUT2D eigenvalue weighted by Crippen LogP contribution is -2.30. The first-order valence-corrected chi connectivity index (χ1v) is 10.2. The number of carbonyl (C=O) groups excluding carboxylic acids is 1. The summed E-state index contributed by atoms with van der Waals surface area (Å²) in [7, 11) is 1.51. The normalized spacial score (nSPS) is 11.2. The molecule has 2 rings (SSSR count). The lowest BCUT2D eigenvalue weighted by molar-refractivity contribution is -0.117. The number of carbonyl (C=O) groups is 1. The molecular formula is C21H19BrCl2N2O3. The molecule has 2 aromatic carbocycles. The van der Waals surface area contributed by atoms with Gasteiger partial charge < -0.3 is 14.8 Å². The summed E-state index contributed by atoms with van der Waals surface area (Å²) in [5.41, 5.74) is 1.46. The summed E-state index contributed by atoms with van der Waals surface area (Å²) in [4.78, 5) is 12.1. The Morgan fingerprint density at radius 2 is 2.00 bits per heavy atom. The topological polar surface area (TPSA) is 71.3 Å². The second kappa shape index (κ2) is 10.5. The Hall–Kier alpha value is -2.20. The Kier molecular flexibility index (Phi) is 8.39. The van der Waals surface area contributed by atoms with E-state index in [2.05, 4.69) is 21.2 Å². The number of nitriles is 1. The van der Waals surface area contributed by atoms with Gasteiger partial charge in [0, 0.05) is 6.04 Å². The summed E-state index contributed by atoms with van der Waals surface area (Å²) in [6, 6.07) is 10.5. The van der Waals surface area contributed by atoms with Crippen LogP contribution in [0.25, 0.3) is 6.08 Å². The summed E-state index contributed by atoms with van der Waals surface area (Å²) in [5.74, 6) is 0.505. The molecule has 0 aliphatic carbocycles. The molecule has 0 bridgehead atoms. The van der Waals surface area contributed by atoms with Crippen molar-refractivity contribution in [1.82, 2.24) is 5.32 Å². The van der Waals surface area contributed by atoms with E-state index < -0.39 is 5.91 Å². The highest BCUT2D eigenvalue weighted by Crippen LogP contribution is 2.38. The predicted molar refractivity (Wildman–Crippen MR) is 118 cm³/mol. The van der Waals surface area contributed by atoms with Crippen molar-refractivity contribution in [1.29, 1.82) is 5.26 Å². The van der Waals surface area contributed by atoms with Gasteiger partial charge in [-0.15, -0.1) is 0 Å². The van der Waals surface area contributed by atoms with Gasteiger partial charge in [0.25, 0.3) is 5.91 Å². The molecule has 1 N–H and O–H groups in total. The largest absolute Gasteiger partial charge is 0.493 e. The molecule has 0 aliphatic heterocycles. The first kappa shape index (κ1) is 23.1. The Bertz CT molecular complexity index is 985. The average Bonchev–Trinajstić information content (AvgIpc) is 2.66. The third-order valence-electron chi connectivity index (χ3n) is 3.71. The maximum Gasteiger partial charge on any atom is 0.262 e. The van der Waals surface area contributed by atoms with E-state index in [0.717, 1.165) is 5.56 Å². The number of hydrogen-bond acceptors (Lipinski definition) is 4. The molecule has 152 valence electrons. The number of benzene rings is 2. The second-order valence-electron chi connectivity index (χ2n) is 6.37. The van der Waals surface area contributed by atoms with E-state index in [-0.39, 0.29) is 18.2 Å². The lowest BCUT2D eigenvalue weighted by Gasteiger charge is -2.14. The van der Waals surface area contributed by atoms with E-state index >= 15 is 0 Å². The van der Waals surface area contributed by atoms with E-state index in [9.17, 15) is 10.1 Å². The van der Waals surface area contributed by atoms with Crippen molar-refractivity contribution >= 4 is 51.1 Å². The third-order valence-corrected chi connectivity index (χ3v) is 5.04. The molecule has 0 atom stereocenters. The fourth-order valence-corrected chi connectivity index (χ4v) is 3.30. The van der Waals surface area contributed by atoms with E-state index in [4.69, 9.17) is 32.7 Å². The molecule has 0 spiro atoms. The van der Waals surface area contributed by atoms with Crippen LogP contribution in [-0.4, -0.2) is 19.1 Å². The number of amides is 1. The van der Waals surface area contributed by atoms with E-state index in [0.29, 0.717) is 31.6 Å². The van der Waals surface area contributed by atoms with Crippen molar-refractivity contribution in [2.45, 2.75) is 26.5 Å². The number of nitrogens with one attached hydrogen (secondary N) is 1. The lowest BCUT2D eigenvalue weighted by atomic mass is 10.1. The Morgan fingerprint density at radius 3 is 2.59 bits per heavy atom. The highest BCUT2D eigenvalue weighted by molar-refractivity contribution is 9.10. The number of ether oxygens (including phenoxy) is 2. The second-order valence-corrected chi connectivity index (χ2v) is 8.04. The molecule has 0 fully saturated rings. The minimum atomic E-state index is -0.433. The van der Waals surface area contributed by atoms with Gasteiger partial charge in [0.2, 0.25) is 0 Å². The summed E-state index contributed by atoms with van der Waals surface area (Å²) in [6.07, 6.45) is 1.49. The van der Waals surface area contributed by atoms with Crippen molar-refractivity contribution in [3.8, 4) is 17.6 Å². The maximum atomic E-state index is 12.1. The number of halogens is 3. The van der Waals surface area contributed by atoms with Crippen LogP contribution in [0, 0.1) is 11.3 Å². The van der Waals surface area contributed by atoms with Crippen LogP contribution in [0.3, 0.4) is 0 Å². The van der Waals surface area contributed by atoms with Gasteiger partial charge in [-0.25, -0.2) is 0 Å². The Balaban J connectivity index is 2.28. The smallest absolute Gasteiger partial charge is 0.262 e. The molecule has 5 nitrogen and oxygen atoms in total. The molecule has 8 heteroatoms. The van der Waals surface area contributed by atoms with Crippen molar-refractivity contribution in [2.24, 2.45) is 0 Å². The standard InChI is InChI=1S/C21H19BrCl2N2O3/c1-12(2)26-21(27)15(10-25)6-14-7-16(22)20(19(9-14)28-3)29-11-13-4-5-17(23)18(24)8-13/h4-9,12H,11H2,1-3H3,(H,26,27)/b15-6-. The first-order chi connectivity index (χ1) is 13.7. The van der Waals surface area contributed by atoms with Crippen LogP contribution < -0.4 is 14.8 Å². The summed E-state index contributed by atoms with van der Waals surface area (Å²) >= 11 is 15.4. The van der Waals surface area contributed by atoms with Crippen molar-refractivity contribution < 1.29 is 14.3 Å². The summed E-state index contributed by atoms with van der Waals surface area (Å²) in [5, 5.41) is 12.9. The van der Waals surface area contributed by atoms with Gasteiger partial charge in [-0.1, -0.05) is 29.3 Å². The third kappa shape index (κ3) is 6.40. The minimum Gasteiger partial charge on any atom is -0.493 e. The zero-order valence-corrected chi connectivity index (χ0v) is 19.2. The van der Waals surface area contributed by atoms with Crippen molar-refractivity contribution in [2.75, 3.05) is 7.11 Å². The maximum absolute atomic E-state index is 12.1. The van der Waals surface area contributed by atoms with E-state index in [1.807, 2.05) is 26.0 Å². The van der Waals surface area contributed by atoms with Gasteiger partial charge in [0.15, 0.2) is 11.5 Å². The quantitative estimate of drug-likeness (QED) is 0.389. The number of rotatable bonds is 7. The van der Waals surface area contributed by atoms with Gasteiger partial charge in [-0.2, -0.15) is 5.26 Å². The summed E-state index contributed by atoms with van der Waals surface area (Å²) < 4.78 is 11.9. The Labute approximate surface area is 188 Å². The number of methoxy groups -OCH3 is 1. The zero-order chi connectivity index (χ0) is 21.6. The molecule has 0 radical (unpaired) electrons. The number of hydrogen-bond donors (Lipinski definition) is 1. The predicted octanol–water partition coefficient (Wildman–Crippen LogP) is 5.78. The molecular weight excluding hydrogens is 479 g/mol. The first-order valence-electron chi connectivity index (χ1n) is 8.62. The van der Waals surface area contributed by atoms with Gasteiger partial charge in [0.1, 0.15) is 18.2 Å². The average molecular weight is 498 g/mol. The fourth-order valence-electron chi connectivity index (χ4n) is 2.40. The molecule has 0 aromatic heterocycles. The van der Waals surface area contributed by atoms with E-state index in [1.165, 1.54) is 13.2 Å².